The molecule has 2 rings (SSSR count). The van der Waals surface area contributed by atoms with Gasteiger partial charge in [0.05, 0.1) is 38.3 Å². The van der Waals surface area contributed by atoms with E-state index in [9.17, 15) is 53.1 Å². The van der Waals surface area contributed by atoms with Crippen LogP contribution in [0.25, 0.3) is 0 Å². The van der Waals surface area contributed by atoms with Gasteiger partial charge in [-0.2, -0.15) is 0 Å². The second-order valence-corrected chi connectivity index (χ2v) is 16.8. The number of carbonyl (C=O) groups excluding carboxylic acids is 10. The smallest absolute Gasteiger partial charge is 0.407 e. The van der Waals surface area contributed by atoms with Crippen molar-refractivity contribution in [1.29, 1.82) is 0 Å². The summed E-state index contributed by atoms with van der Waals surface area (Å²) in [6, 6.07) is 4.49. The Morgan fingerprint density at radius 3 is 2.09 bits per heavy atom. The van der Waals surface area contributed by atoms with Gasteiger partial charge < -0.3 is 51.2 Å². The summed E-state index contributed by atoms with van der Waals surface area (Å²) in [5.41, 5.74) is 1.05. The second kappa shape index (κ2) is 32.6. The fourth-order valence-corrected chi connectivity index (χ4v) is 6.87. The molecule has 1 aromatic rings. The van der Waals surface area contributed by atoms with Crippen LogP contribution >= 0.6 is 0 Å². The minimum atomic E-state index is -1.23. The average Bonchev–Trinajstić information content (AvgIpc) is 3.62. The highest BCUT2D eigenvalue weighted by atomic mass is 16.5. The number of hydrogen-bond acceptors (Lipinski definition) is 14. The van der Waals surface area contributed by atoms with E-state index in [1.54, 1.807) is 31.4 Å². The molecule has 1 aliphatic heterocycles. The number of alkyl carbamates (subject to hydrolysis) is 1. The van der Waals surface area contributed by atoms with Crippen LogP contribution in [-0.4, -0.2) is 141 Å². The zero-order chi connectivity index (χ0) is 50.4. The number of rotatable bonds is 35. The van der Waals surface area contributed by atoms with E-state index in [0.29, 0.717) is 50.3 Å². The quantitative estimate of drug-likeness (QED) is 0.0376. The molecule has 0 radical (unpaired) electrons. The number of aliphatic hydroxyl groups excluding tert-OH is 1. The van der Waals surface area contributed by atoms with Gasteiger partial charge in [0.15, 0.2) is 11.6 Å². The maximum atomic E-state index is 13.5. The Balaban J connectivity index is 1.90. The monoisotopic (exact) mass is 958 g/mol. The molecule has 0 aromatic heterocycles. The van der Waals surface area contributed by atoms with Crippen LogP contribution in [-0.2, 0) is 64.0 Å². The molecule has 1 aliphatic rings. The third-order valence-corrected chi connectivity index (χ3v) is 10.6. The Hall–Kier alpha value is -6.06. The number of anilines is 1. The fraction of sp³-hybridized carbons (Fsp3) is 0.617. The number of methoxy groups -OCH3 is 1. The SMILES string of the molecule is CCCCC[C@H](CC(=O)CNC(=O)[C@H](CO)CC(=O)[C@H](CC(C)C)NC(=O)CC[C@H](NC(C)=O)C(=O)NCCCOCCOC)C(=O)Nc1ccc(COC(=O)NCCN2C(=O)C=CC2=O)cc1. The van der Waals surface area contributed by atoms with Gasteiger partial charge in [0.25, 0.3) is 11.8 Å². The number of ketones is 2. The van der Waals surface area contributed by atoms with Crippen LogP contribution in [0.2, 0.25) is 0 Å². The lowest BCUT2D eigenvalue weighted by Gasteiger charge is -2.23. The topological polar surface area (TPSA) is 294 Å². The molecule has 0 spiro atoms. The van der Waals surface area contributed by atoms with Crippen molar-refractivity contribution in [1.82, 2.24) is 31.5 Å². The fourth-order valence-electron chi connectivity index (χ4n) is 6.87. The van der Waals surface area contributed by atoms with Crippen molar-refractivity contribution >= 4 is 64.7 Å². The van der Waals surface area contributed by atoms with Gasteiger partial charge in [-0.1, -0.05) is 52.2 Å². The van der Waals surface area contributed by atoms with E-state index >= 15 is 0 Å². The van der Waals surface area contributed by atoms with Gasteiger partial charge in [0, 0.05) is 83.3 Å². The first-order valence-electron chi connectivity index (χ1n) is 23.2. The summed E-state index contributed by atoms with van der Waals surface area (Å²) in [5.74, 6) is -6.55. The Morgan fingerprint density at radius 2 is 1.46 bits per heavy atom. The normalized spacial score (nSPS) is 13.8. The van der Waals surface area contributed by atoms with Gasteiger partial charge in [0.1, 0.15) is 12.6 Å². The van der Waals surface area contributed by atoms with Crippen molar-refractivity contribution in [3.8, 4) is 0 Å². The lowest BCUT2D eigenvalue weighted by atomic mass is 9.92. The number of carbonyl (C=O) groups is 10. The van der Waals surface area contributed by atoms with Crippen molar-refractivity contribution in [3.05, 3.63) is 42.0 Å². The van der Waals surface area contributed by atoms with Gasteiger partial charge in [0.2, 0.25) is 29.5 Å². The summed E-state index contributed by atoms with van der Waals surface area (Å²) < 4.78 is 15.5. The highest BCUT2D eigenvalue weighted by molar-refractivity contribution is 6.12. The highest BCUT2D eigenvalue weighted by Gasteiger charge is 2.30. The van der Waals surface area contributed by atoms with E-state index in [2.05, 4.69) is 31.9 Å². The molecule has 68 heavy (non-hydrogen) atoms. The molecule has 0 aliphatic carbocycles. The molecule has 378 valence electrons. The van der Waals surface area contributed by atoms with Crippen LogP contribution in [0.15, 0.2) is 36.4 Å². The summed E-state index contributed by atoms with van der Waals surface area (Å²) in [6.07, 6.45) is 4.20. The van der Waals surface area contributed by atoms with Gasteiger partial charge in [-0.25, -0.2) is 4.79 Å². The maximum Gasteiger partial charge on any atom is 0.407 e. The molecule has 0 bridgehead atoms. The minimum absolute atomic E-state index is 0.00359. The summed E-state index contributed by atoms with van der Waals surface area (Å²) in [6.45, 7) is 7.21. The molecule has 0 unspecified atom stereocenters. The van der Waals surface area contributed by atoms with Crippen molar-refractivity contribution in [2.75, 3.05) is 65.0 Å². The van der Waals surface area contributed by atoms with E-state index in [4.69, 9.17) is 14.2 Å². The van der Waals surface area contributed by atoms with Crippen LogP contribution in [0.4, 0.5) is 10.5 Å². The predicted molar refractivity (Wildman–Crippen MR) is 248 cm³/mol. The Morgan fingerprint density at radius 1 is 0.750 bits per heavy atom. The van der Waals surface area contributed by atoms with Gasteiger partial charge in [-0.15, -0.1) is 0 Å². The molecular formula is C47H71N7O14. The van der Waals surface area contributed by atoms with E-state index in [1.165, 1.54) is 6.92 Å². The first-order chi connectivity index (χ1) is 32.5. The van der Waals surface area contributed by atoms with E-state index in [1.807, 2.05) is 20.8 Å². The van der Waals surface area contributed by atoms with Gasteiger partial charge >= 0.3 is 6.09 Å². The summed E-state index contributed by atoms with van der Waals surface area (Å²) in [7, 11) is 1.56. The summed E-state index contributed by atoms with van der Waals surface area (Å²) >= 11 is 0. The number of benzene rings is 1. The maximum absolute atomic E-state index is 13.5. The molecule has 0 saturated carbocycles. The van der Waals surface area contributed by atoms with Gasteiger partial charge in [-0.3, -0.25) is 48.1 Å². The number of nitrogens with one attached hydrogen (secondary N) is 6. The summed E-state index contributed by atoms with van der Waals surface area (Å²) in [5, 5.41) is 25.8. The zero-order valence-electron chi connectivity index (χ0n) is 40.0. The standard InChI is InChI=1S/C47H71N7O14/c1-6-7-8-10-34(45(63)52-36-13-11-33(12-14-36)30-68-47(65)49-20-21-54-42(60)17-18-43(54)61)26-37(57)28-50-44(62)35(29-55)27-40(58)39(25-31(2)3)53-41(59)16-15-38(51-32(4)56)46(64)48-19-9-22-67-24-23-66-5/h11-14,17-18,31,34-35,38-39,55H,6-10,15-16,19-30H2,1-5H3,(H,48,64)(H,49,65)(H,50,62)(H,51,56)(H,52,63)(H,53,59)/t34-,35+,38+,39+/m1/s1. The highest BCUT2D eigenvalue weighted by Crippen LogP contribution is 2.19. The first-order valence-corrected chi connectivity index (χ1v) is 23.2. The van der Waals surface area contributed by atoms with Crippen LogP contribution < -0.4 is 31.9 Å². The average molecular weight is 958 g/mol. The van der Waals surface area contributed by atoms with Crippen molar-refractivity contribution in [2.24, 2.45) is 17.8 Å². The molecule has 0 saturated heterocycles. The Bertz CT molecular complexity index is 1860. The number of Topliss-reactive ketones (excluding diaryl/α,β-unsaturated/α-hetero) is 2. The number of nitrogens with zero attached hydrogens (tertiary/aromatic N) is 1. The van der Waals surface area contributed by atoms with Crippen LogP contribution in [0.3, 0.4) is 0 Å². The lowest BCUT2D eigenvalue weighted by molar-refractivity contribution is -0.137. The second-order valence-electron chi connectivity index (χ2n) is 16.8. The molecular weight excluding hydrogens is 887 g/mol. The number of amides is 8. The van der Waals surface area contributed by atoms with Crippen molar-refractivity contribution in [2.45, 2.75) is 111 Å². The molecule has 8 amide bonds. The van der Waals surface area contributed by atoms with E-state index in [0.717, 1.165) is 29.9 Å². The third-order valence-electron chi connectivity index (χ3n) is 10.6. The Labute approximate surface area is 398 Å². The van der Waals surface area contributed by atoms with Gasteiger partial charge in [-0.05, 0) is 49.3 Å². The van der Waals surface area contributed by atoms with Crippen LogP contribution in [0.5, 0.6) is 0 Å². The number of hydrogen-bond donors (Lipinski definition) is 7. The van der Waals surface area contributed by atoms with Crippen molar-refractivity contribution in [3.63, 3.8) is 0 Å². The summed E-state index contributed by atoms with van der Waals surface area (Å²) in [4.78, 5) is 127. The van der Waals surface area contributed by atoms with Crippen LogP contribution in [0.1, 0.15) is 97.5 Å². The lowest BCUT2D eigenvalue weighted by Crippen LogP contribution is -2.48. The third kappa shape index (κ3) is 23.6. The number of aliphatic hydroxyl groups is 1. The molecule has 7 N–H and O–H groups in total. The largest absolute Gasteiger partial charge is 0.445 e. The number of ether oxygens (including phenoxy) is 3. The predicted octanol–water partition coefficient (Wildman–Crippen LogP) is 1.60. The molecule has 0 fully saturated rings. The number of imide groups is 1. The molecule has 1 aromatic carbocycles. The molecule has 1 heterocycles. The zero-order valence-corrected chi connectivity index (χ0v) is 40.0. The minimum Gasteiger partial charge on any atom is -0.445 e. The Kier molecular flexibility index (Phi) is 27.8. The van der Waals surface area contributed by atoms with E-state index < -0.39 is 103 Å². The molecule has 21 nitrogen and oxygen atoms in total. The molecule has 4 atom stereocenters. The van der Waals surface area contributed by atoms with Crippen molar-refractivity contribution < 1.29 is 67.3 Å². The first kappa shape index (κ1) is 58.1. The van der Waals surface area contributed by atoms with E-state index in [-0.39, 0.29) is 57.8 Å². The van der Waals surface area contributed by atoms with Crippen LogP contribution in [0, 0.1) is 17.8 Å². The number of unbranched alkanes of at least 4 members (excludes halogenated alkanes) is 2. The molecule has 21 heteroatoms.